The summed E-state index contributed by atoms with van der Waals surface area (Å²) in [7, 11) is 0. The molecular formula is C14H7NO10. The first-order valence-electron chi connectivity index (χ1n) is 6.24. The number of hydrogen-bond acceptors (Lipinski definition) is 6. The van der Waals surface area contributed by atoms with Gasteiger partial charge in [0.25, 0.3) is 0 Å². The average Bonchev–Trinajstić information content (AvgIpc) is 2.50. The Hall–Kier alpha value is -4.02. The fraction of sp³-hybridized carbons (Fsp3) is 0. The second-order valence-electron chi connectivity index (χ2n) is 4.65. The lowest BCUT2D eigenvalue weighted by Crippen LogP contribution is -2.21. The Bertz CT molecular complexity index is 991. The summed E-state index contributed by atoms with van der Waals surface area (Å²) >= 11 is 0. The van der Waals surface area contributed by atoms with Crippen LogP contribution in [0, 0.1) is 0 Å². The molecule has 2 rings (SSSR count). The lowest BCUT2D eigenvalue weighted by Gasteiger charge is -2.13. The predicted molar refractivity (Wildman–Crippen MR) is 76.5 cm³/mol. The molecule has 1 aromatic heterocycles. The molecule has 0 unspecified atom stereocenters. The van der Waals surface area contributed by atoms with Crippen LogP contribution in [0.15, 0.2) is 12.3 Å². The van der Waals surface area contributed by atoms with E-state index in [0.717, 1.165) is 6.07 Å². The van der Waals surface area contributed by atoms with E-state index >= 15 is 0 Å². The number of aromatic carboxylic acids is 5. The van der Waals surface area contributed by atoms with Gasteiger partial charge >= 0.3 is 29.8 Å². The fourth-order valence-corrected chi connectivity index (χ4v) is 2.33. The molecular weight excluding hydrogens is 342 g/mol. The minimum Gasteiger partial charge on any atom is -0.478 e. The first-order chi connectivity index (χ1) is 11.6. The molecule has 11 nitrogen and oxygen atoms in total. The second-order valence-corrected chi connectivity index (χ2v) is 4.65. The molecule has 1 heterocycles. The van der Waals surface area contributed by atoms with Crippen LogP contribution in [-0.4, -0.2) is 60.4 Å². The van der Waals surface area contributed by atoms with E-state index in [0.29, 0.717) is 6.20 Å². The minimum absolute atomic E-state index is 0.536. The van der Waals surface area contributed by atoms with Crippen LogP contribution in [0.2, 0.25) is 0 Å². The number of benzene rings is 1. The molecule has 25 heavy (non-hydrogen) atoms. The van der Waals surface area contributed by atoms with Crippen LogP contribution >= 0.6 is 0 Å². The van der Waals surface area contributed by atoms with Crippen LogP contribution in [0.3, 0.4) is 0 Å². The van der Waals surface area contributed by atoms with Gasteiger partial charge in [-0.1, -0.05) is 0 Å². The van der Waals surface area contributed by atoms with Crippen LogP contribution in [0.5, 0.6) is 0 Å². The molecule has 0 saturated heterocycles. The van der Waals surface area contributed by atoms with Gasteiger partial charge in [0.15, 0.2) is 0 Å². The van der Waals surface area contributed by atoms with Gasteiger partial charge in [0, 0.05) is 11.6 Å². The molecule has 0 aliphatic carbocycles. The monoisotopic (exact) mass is 349 g/mol. The third-order valence-electron chi connectivity index (χ3n) is 3.25. The quantitative estimate of drug-likeness (QED) is 0.509. The maximum Gasteiger partial charge on any atom is 0.338 e. The summed E-state index contributed by atoms with van der Waals surface area (Å²) in [4.78, 5) is 60.3. The van der Waals surface area contributed by atoms with E-state index in [9.17, 15) is 44.4 Å². The molecule has 128 valence electrons. The molecule has 0 bridgehead atoms. The molecule has 2 aromatic rings. The van der Waals surface area contributed by atoms with Gasteiger partial charge in [-0.3, -0.25) is 4.98 Å². The van der Waals surface area contributed by atoms with Crippen LogP contribution in [-0.2, 0) is 0 Å². The minimum atomic E-state index is -2.00. The highest BCUT2D eigenvalue weighted by Gasteiger charge is 2.34. The van der Waals surface area contributed by atoms with Crippen molar-refractivity contribution < 1.29 is 49.5 Å². The molecule has 0 aliphatic heterocycles. The van der Waals surface area contributed by atoms with Gasteiger partial charge in [-0.25, -0.2) is 24.0 Å². The Balaban J connectivity index is 3.26. The Morgan fingerprint density at radius 1 is 0.640 bits per heavy atom. The zero-order valence-corrected chi connectivity index (χ0v) is 11.9. The smallest absolute Gasteiger partial charge is 0.338 e. The van der Waals surface area contributed by atoms with Crippen LogP contribution < -0.4 is 0 Å². The number of carboxylic acid groups (broad SMARTS) is 5. The van der Waals surface area contributed by atoms with Crippen LogP contribution in [0.1, 0.15) is 51.8 Å². The lowest BCUT2D eigenvalue weighted by molar-refractivity contribution is 0.0621. The predicted octanol–water partition coefficient (Wildman–Crippen LogP) is 0.726. The van der Waals surface area contributed by atoms with Crippen molar-refractivity contribution in [1.82, 2.24) is 4.98 Å². The topological polar surface area (TPSA) is 199 Å². The number of carbonyl (C=O) groups is 5. The molecule has 0 saturated carbocycles. The van der Waals surface area contributed by atoms with Crippen molar-refractivity contribution >= 4 is 40.7 Å². The SMILES string of the molecule is O=C(O)c1cnc2c(C(=O)O)c(C(=O)O)c(C(=O)O)c(C(=O)O)c2c1. The molecule has 0 amide bonds. The summed E-state index contributed by atoms with van der Waals surface area (Å²) in [6.45, 7) is 0. The normalized spacial score (nSPS) is 10.4. The van der Waals surface area contributed by atoms with E-state index < -0.39 is 68.6 Å². The van der Waals surface area contributed by atoms with Crippen LogP contribution in [0.4, 0.5) is 0 Å². The largest absolute Gasteiger partial charge is 0.478 e. The standard InChI is InChI=1S/C14H7NO10/c16-10(17)3-1-4-5(11(18)19)6(12(20)21)7(13(22)23)8(14(24)25)9(4)15-2-3/h1-2H,(H,16,17)(H,18,19)(H,20,21)(H,22,23)(H,24,25). The highest BCUT2D eigenvalue weighted by atomic mass is 16.4. The Kier molecular flexibility index (Phi) is 4.08. The zero-order valence-electron chi connectivity index (χ0n) is 11.9. The third kappa shape index (κ3) is 2.69. The van der Waals surface area contributed by atoms with E-state index in [4.69, 9.17) is 5.11 Å². The molecule has 0 atom stereocenters. The highest BCUT2D eigenvalue weighted by molar-refractivity contribution is 6.22. The maximum absolute atomic E-state index is 11.5. The summed E-state index contributed by atoms with van der Waals surface area (Å²) in [5, 5.41) is 45.4. The number of pyridine rings is 1. The van der Waals surface area contributed by atoms with Crippen molar-refractivity contribution in [2.45, 2.75) is 0 Å². The molecule has 0 aliphatic rings. The number of nitrogens with zero attached hydrogens (tertiary/aromatic N) is 1. The van der Waals surface area contributed by atoms with E-state index in [-0.39, 0.29) is 0 Å². The summed E-state index contributed by atoms with van der Waals surface area (Å²) in [6.07, 6.45) is 0.703. The Morgan fingerprint density at radius 3 is 1.48 bits per heavy atom. The fourth-order valence-electron chi connectivity index (χ4n) is 2.33. The van der Waals surface area contributed by atoms with Crippen molar-refractivity contribution in [1.29, 1.82) is 0 Å². The number of aromatic nitrogens is 1. The van der Waals surface area contributed by atoms with Gasteiger partial charge in [-0.2, -0.15) is 0 Å². The van der Waals surface area contributed by atoms with Gasteiger partial charge in [-0.05, 0) is 6.07 Å². The van der Waals surface area contributed by atoms with Crippen molar-refractivity contribution in [2.75, 3.05) is 0 Å². The Morgan fingerprint density at radius 2 is 1.08 bits per heavy atom. The number of rotatable bonds is 5. The van der Waals surface area contributed by atoms with Crippen LogP contribution in [0.25, 0.3) is 10.9 Å². The van der Waals surface area contributed by atoms with Crippen molar-refractivity contribution in [3.05, 3.63) is 40.1 Å². The molecule has 5 N–H and O–H groups in total. The maximum atomic E-state index is 11.5. The van der Waals surface area contributed by atoms with Crippen molar-refractivity contribution in [2.24, 2.45) is 0 Å². The van der Waals surface area contributed by atoms with E-state index in [1.807, 2.05) is 0 Å². The second kappa shape index (κ2) is 5.88. The van der Waals surface area contributed by atoms with E-state index in [1.165, 1.54) is 0 Å². The van der Waals surface area contributed by atoms with E-state index in [1.54, 1.807) is 0 Å². The van der Waals surface area contributed by atoms with Crippen molar-refractivity contribution in [3.63, 3.8) is 0 Å². The van der Waals surface area contributed by atoms with Crippen molar-refractivity contribution in [3.8, 4) is 0 Å². The lowest BCUT2D eigenvalue weighted by atomic mass is 9.90. The summed E-state index contributed by atoms with van der Waals surface area (Å²) in [5.74, 6) is -9.26. The summed E-state index contributed by atoms with van der Waals surface area (Å²) in [6, 6.07) is 0.721. The molecule has 11 heteroatoms. The van der Waals surface area contributed by atoms with E-state index in [2.05, 4.69) is 4.98 Å². The van der Waals surface area contributed by atoms with Gasteiger partial charge < -0.3 is 25.5 Å². The average molecular weight is 349 g/mol. The molecule has 0 spiro atoms. The molecule has 0 radical (unpaired) electrons. The van der Waals surface area contributed by atoms with Gasteiger partial charge in [0.05, 0.1) is 27.8 Å². The summed E-state index contributed by atoms with van der Waals surface area (Å²) < 4.78 is 0. The van der Waals surface area contributed by atoms with Gasteiger partial charge in [0.2, 0.25) is 0 Å². The number of carboxylic acids is 5. The number of fused-ring (bicyclic) bond motifs is 1. The highest BCUT2D eigenvalue weighted by Crippen LogP contribution is 2.31. The van der Waals surface area contributed by atoms with Gasteiger partial charge in [-0.15, -0.1) is 0 Å². The first kappa shape index (κ1) is 17.3. The number of hydrogen-bond donors (Lipinski definition) is 5. The van der Waals surface area contributed by atoms with Gasteiger partial charge in [0.1, 0.15) is 5.56 Å². The molecule has 0 fully saturated rings. The Labute approximate surface area is 136 Å². The first-order valence-corrected chi connectivity index (χ1v) is 6.24. The summed E-state index contributed by atoms with van der Waals surface area (Å²) in [5.41, 5.74) is -5.86. The third-order valence-corrected chi connectivity index (χ3v) is 3.25. The molecule has 1 aromatic carbocycles. The zero-order chi connectivity index (χ0) is 19.0.